The summed E-state index contributed by atoms with van der Waals surface area (Å²) >= 11 is 0. The molecule has 1 N–H and O–H groups in total. The molecule has 6 nitrogen and oxygen atoms in total. The average molecular weight is 332 g/mol. The highest BCUT2D eigenvalue weighted by Gasteiger charge is 2.35. The highest BCUT2D eigenvalue weighted by molar-refractivity contribution is 6.01. The van der Waals surface area contributed by atoms with Gasteiger partial charge in [-0.1, -0.05) is 18.2 Å². The zero-order chi connectivity index (χ0) is 17.2. The quantitative estimate of drug-likeness (QED) is 0.892. The Morgan fingerprint density at radius 2 is 1.96 bits per heavy atom. The molecule has 0 aromatic heterocycles. The predicted octanol–water partition coefficient (Wildman–Crippen LogP) is 0.966. The number of ether oxygens (including phenoxy) is 1. The summed E-state index contributed by atoms with van der Waals surface area (Å²) in [7, 11) is 1.56. The molecule has 0 aliphatic carbocycles. The van der Waals surface area contributed by atoms with Crippen LogP contribution in [0.15, 0.2) is 24.3 Å². The first-order chi connectivity index (χ1) is 11.5. The number of benzene rings is 1. The highest BCUT2D eigenvalue weighted by atomic mass is 16.5. The first-order valence-corrected chi connectivity index (χ1v) is 8.40. The summed E-state index contributed by atoms with van der Waals surface area (Å²) in [4.78, 5) is 28.2. The van der Waals surface area contributed by atoms with E-state index in [9.17, 15) is 14.7 Å². The van der Waals surface area contributed by atoms with Crippen LogP contribution in [-0.2, 0) is 20.7 Å². The minimum absolute atomic E-state index is 0.00468. The van der Waals surface area contributed by atoms with Crippen molar-refractivity contribution in [3.05, 3.63) is 29.8 Å². The zero-order valence-corrected chi connectivity index (χ0v) is 14.0. The number of carbonyl (C=O) groups is 2. The van der Waals surface area contributed by atoms with Gasteiger partial charge in [0.05, 0.1) is 12.2 Å². The summed E-state index contributed by atoms with van der Waals surface area (Å²) in [5, 5.41) is 10.3. The van der Waals surface area contributed by atoms with Gasteiger partial charge in [0.15, 0.2) is 0 Å². The Hall–Kier alpha value is -1.92. The summed E-state index contributed by atoms with van der Waals surface area (Å²) in [5.41, 5.74) is 1.10. The Morgan fingerprint density at radius 3 is 2.67 bits per heavy atom. The molecule has 0 radical (unpaired) electrons. The number of hydrogen-bond acceptors (Lipinski definition) is 4. The number of anilines is 1. The van der Waals surface area contributed by atoms with E-state index in [1.165, 1.54) is 0 Å². The Labute approximate surface area is 142 Å². The Bertz CT molecular complexity index is 623. The molecule has 2 aliphatic heterocycles. The monoisotopic (exact) mass is 332 g/mol. The van der Waals surface area contributed by atoms with Gasteiger partial charge in [0.25, 0.3) is 0 Å². The van der Waals surface area contributed by atoms with E-state index in [0.29, 0.717) is 32.4 Å². The van der Waals surface area contributed by atoms with Crippen molar-refractivity contribution in [3.63, 3.8) is 0 Å². The molecule has 0 bridgehead atoms. The van der Waals surface area contributed by atoms with E-state index < -0.39 is 5.60 Å². The molecule has 0 spiro atoms. The maximum Gasteiger partial charge on any atom is 0.242 e. The lowest BCUT2D eigenvalue weighted by Gasteiger charge is -2.39. The first kappa shape index (κ1) is 16.9. The number of rotatable bonds is 4. The SMILES string of the molecule is COCC1(O)CCN(C(=O)CN2C(=O)CCc3ccccc32)CC1. The van der Waals surface area contributed by atoms with E-state index in [4.69, 9.17) is 4.74 Å². The number of para-hydroxylation sites is 1. The van der Waals surface area contributed by atoms with E-state index in [0.717, 1.165) is 17.7 Å². The molecule has 2 amide bonds. The molecule has 6 heteroatoms. The van der Waals surface area contributed by atoms with Gasteiger partial charge in [-0.15, -0.1) is 0 Å². The van der Waals surface area contributed by atoms with Gasteiger partial charge in [-0.25, -0.2) is 0 Å². The number of methoxy groups -OCH3 is 1. The van der Waals surface area contributed by atoms with Crippen molar-refractivity contribution in [1.29, 1.82) is 0 Å². The van der Waals surface area contributed by atoms with Crippen molar-refractivity contribution in [1.82, 2.24) is 4.90 Å². The van der Waals surface area contributed by atoms with Crippen LogP contribution >= 0.6 is 0 Å². The fraction of sp³-hybridized carbons (Fsp3) is 0.556. The lowest BCUT2D eigenvalue weighted by Crippen LogP contribution is -2.52. The topological polar surface area (TPSA) is 70.1 Å². The number of carbonyl (C=O) groups excluding carboxylic acids is 2. The van der Waals surface area contributed by atoms with Crippen molar-refractivity contribution in [2.24, 2.45) is 0 Å². The first-order valence-electron chi connectivity index (χ1n) is 8.40. The third-order valence-corrected chi connectivity index (χ3v) is 4.94. The standard InChI is InChI=1S/C18H24N2O4/c1-24-13-18(23)8-10-19(11-9-18)17(22)12-20-15-5-3-2-4-14(15)6-7-16(20)21/h2-5,23H,6-13H2,1H3. The zero-order valence-electron chi connectivity index (χ0n) is 14.0. The molecule has 1 aromatic rings. The Morgan fingerprint density at radius 1 is 1.25 bits per heavy atom. The van der Waals surface area contributed by atoms with Gasteiger partial charge in [0.1, 0.15) is 6.54 Å². The molecule has 1 aromatic carbocycles. The number of aliphatic hydroxyl groups is 1. The number of nitrogens with zero attached hydrogens (tertiary/aromatic N) is 2. The number of piperidine rings is 1. The molecular weight excluding hydrogens is 308 g/mol. The van der Waals surface area contributed by atoms with Crippen LogP contribution in [0.3, 0.4) is 0 Å². The maximum atomic E-state index is 12.6. The van der Waals surface area contributed by atoms with Crippen LogP contribution in [0.4, 0.5) is 5.69 Å². The molecule has 1 fully saturated rings. The lowest BCUT2D eigenvalue weighted by atomic mass is 9.92. The van der Waals surface area contributed by atoms with E-state index in [-0.39, 0.29) is 25.0 Å². The molecule has 3 rings (SSSR count). The molecule has 130 valence electrons. The molecule has 0 unspecified atom stereocenters. The third kappa shape index (κ3) is 3.44. The van der Waals surface area contributed by atoms with Crippen LogP contribution in [0.2, 0.25) is 0 Å². The van der Waals surface area contributed by atoms with Crippen LogP contribution < -0.4 is 4.90 Å². The summed E-state index contributed by atoms with van der Waals surface area (Å²) in [6.07, 6.45) is 2.17. The van der Waals surface area contributed by atoms with E-state index in [1.807, 2.05) is 24.3 Å². The predicted molar refractivity (Wildman–Crippen MR) is 89.8 cm³/mol. The third-order valence-electron chi connectivity index (χ3n) is 4.94. The summed E-state index contributed by atoms with van der Waals surface area (Å²) < 4.78 is 5.05. The number of amides is 2. The Balaban J connectivity index is 1.65. The van der Waals surface area contributed by atoms with Crippen LogP contribution in [0.5, 0.6) is 0 Å². The van der Waals surface area contributed by atoms with Gasteiger partial charge in [0, 0.05) is 32.3 Å². The largest absolute Gasteiger partial charge is 0.387 e. The van der Waals surface area contributed by atoms with E-state index in [1.54, 1.807) is 16.9 Å². The van der Waals surface area contributed by atoms with Crippen molar-refractivity contribution in [2.45, 2.75) is 31.3 Å². The molecule has 2 aliphatic rings. The summed E-state index contributed by atoms with van der Waals surface area (Å²) in [6.45, 7) is 1.33. The number of aryl methyl sites for hydroxylation is 1. The summed E-state index contributed by atoms with van der Waals surface area (Å²) in [5.74, 6) is -0.0746. The number of fused-ring (bicyclic) bond motifs is 1. The van der Waals surface area contributed by atoms with Crippen molar-refractivity contribution in [3.8, 4) is 0 Å². The van der Waals surface area contributed by atoms with Gasteiger partial charge in [-0.05, 0) is 30.9 Å². The summed E-state index contributed by atoms with van der Waals surface area (Å²) in [6, 6.07) is 7.74. The molecular formula is C18H24N2O4. The van der Waals surface area contributed by atoms with Crippen LogP contribution in [-0.4, -0.2) is 60.8 Å². The number of likely N-dealkylation sites (tertiary alicyclic amines) is 1. The molecule has 2 heterocycles. The molecule has 1 saturated heterocycles. The highest BCUT2D eigenvalue weighted by Crippen LogP contribution is 2.28. The van der Waals surface area contributed by atoms with Crippen molar-refractivity contribution >= 4 is 17.5 Å². The normalized spacial score (nSPS) is 20.0. The van der Waals surface area contributed by atoms with Crippen molar-refractivity contribution in [2.75, 3.05) is 38.3 Å². The lowest BCUT2D eigenvalue weighted by molar-refractivity contribution is -0.137. The minimum Gasteiger partial charge on any atom is -0.387 e. The van der Waals surface area contributed by atoms with Crippen LogP contribution in [0, 0.1) is 0 Å². The second kappa shape index (κ2) is 6.91. The van der Waals surface area contributed by atoms with Gasteiger partial charge >= 0.3 is 0 Å². The fourth-order valence-electron chi connectivity index (χ4n) is 3.49. The average Bonchev–Trinajstić information content (AvgIpc) is 2.58. The van der Waals surface area contributed by atoms with Crippen LogP contribution in [0.25, 0.3) is 0 Å². The van der Waals surface area contributed by atoms with Gasteiger partial charge in [-0.2, -0.15) is 0 Å². The molecule has 24 heavy (non-hydrogen) atoms. The van der Waals surface area contributed by atoms with Gasteiger partial charge in [-0.3, -0.25) is 9.59 Å². The number of hydrogen-bond donors (Lipinski definition) is 1. The Kier molecular flexibility index (Phi) is 4.87. The molecule has 0 saturated carbocycles. The smallest absolute Gasteiger partial charge is 0.242 e. The van der Waals surface area contributed by atoms with E-state index >= 15 is 0 Å². The molecule has 0 atom stereocenters. The van der Waals surface area contributed by atoms with E-state index in [2.05, 4.69) is 0 Å². The second-order valence-corrected chi connectivity index (χ2v) is 6.65. The van der Waals surface area contributed by atoms with Gasteiger partial charge < -0.3 is 19.6 Å². The maximum absolute atomic E-state index is 12.6. The van der Waals surface area contributed by atoms with Crippen LogP contribution in [0.1, 0.15) is 24.8 Å². The van der Waals surface area contributed by atoms with Gasteiger partial charge in [0.2, 0.25) is 11.8 Å². The van der Waals surface area contributed by atoms with Crippen molar-refractivity contribution < 1.29 is 19.4 Å². The minimum atomic E-state index is -0.848. The second-order valence-electron chi connectivity index (χ2n) is 6.65. The fourth-order valence-corrected chi connectivity index (χ4v) is 3.49.